The van der Waals surface area contributed by atoms with Gasteiger partial charge in [-0.05, 0) is 65.7 Å². The average molecular weight is 447 g/mol. The Labute approximate surface area is 172 Å². The molecule has 3 rings (SSSR count). The van der Waals surface area contributed by atoms with E-state index in [1.54, 1.807) is 19.4 Å². The summed E-state index contributed by atoms with van der Waals surface area (Å²) < 4.78 is 6.10. The number of carbonyl (C=O) groups is 2. The largest absolute Gasteiger partial charge is 0.446 e. The van der Waals surface area contributed by atoms with Crippen LogP contribution in [0.25, 0.3) is 11.3 Å². The van der Waals surface area contributed by atoms with Crippen molar-refractivity contribution in [3.63, 3.8) is 0 Å². The molecule has 1 aliphatic rings. The molecule has 2 N–H and O–H groups in total. The molecule has 2 aromatic rings. The highest BCUT2D eigenvalue weighted by molar-refractivity contribution is 9.10. The van der Waals surface area contributed by atoms with Gasteiger partial charge in [0.2, 0.25) is 5.91 Å². The minimum atomic E-state index is -0.397. The van der Waals surface area contributed by atoms with Crippen molar-refractivity contribution in [1.82, 2.24) is 15.3 Å². The first-order valence-electron chi connectivity index (χ1n) is 9.30. The van der Waals surface area contributed by atoms with Gasteiger partial charge in [-0.3, -0.25) is 9.78 Å². The number of nitrogens with zero attached hydrogens (tertiary/aromatic N) is 2. The molecule has 148 valence electrons. The number of carbonyl (C=O) groups excluding carboxylic acids is 2. The van der Waals surface area contributed by atoms with Crippen LogP contribution in [0.5, 0.6) is 0 Å². The van der Waals surface area contributed by atoms with Gasteiger partial charge in [0, 0.05) is 35.9 Å². The number of alkyl carbamates (subject to hydrolysis) is 1. The molecular weight excluding hydrogens is 424 g/mol. The summed E-state index contributed by atoms with van der Waals surface area (Å²) in [7, 11) is 1.55. The Morgan fingerprint density at radius 3 is 2.68 bits per heavy atom. The van der Waals surface area contributed by atoms with Crippen LogP contribution >= 0.6 is 15.9 Å². The van der Waals surface area contributed by atoms with Gasteiger partial charge < -0.3 is 15.4 Å². The number of rotatable bonds is 5. The lowest BCUT2D eigenvalue weighted by Crippen LogP contribution is -2.30. The summed E-state index contributed by atoms with van der Waals surface area (Å²) in [4.78, 5) is 32.4. The number of halogens is 1. The predicted octanol–water partition coefficient (Wildman–Crippen LogP) is 4.15. The third-order valence-electron chi connectivity index (χ3n) is 4.81. The molecular formula is C20H23BrN4O3. The summed E-state index contributed by atoms with van der Waals surface area (Å²) in [6.45, 7) is 0. The van der Waals surface area contributed by atoms with Gasteiger partial charge in [0.25, 0.3) is 0 Å². The molecule has 0 aliphatic heterocycles. The van der Waals surface area contributed by atoms with Crippen molar-refractivity contribution in [2.45, 2.75) is 38.2 Å². The standard InChI is InChI=1S/C20H23BrN4O3/c1-22-20(27)28-14-7-5-13(6-8-14)10-19(26)25-18-11-15(16(21)12-24-18)17-4-2-3-9-23-17/h2-4,9,11-14H,5-8,10H2,1H3,(H,22,27)(H,24,25,26)/t13-,14-. The molecule has 1 aliphatic carbocycles. The molecule has 1 saturated carbocycles. The number of hydrogen-bond donors (Lipinski definition) is 2. The highest BCUT2D eigenvalue weighted by atomic mass is 79.9. The lowest BCUT2D eigenvalue weighted by atomic mass is 9.85. The van der Waals surface area contributed by atoms with Crippen LogP contribution in [0, 0.1) is 5.92 Å². The zero-order chi connectivity index (χ0) is 19.9. The van der Waals surface area contributed by atoms with Crippen molar-refractivity contribution >= 4 is 33.7 Å². The number of pyridine rings is 2. The predicted molar refractivity (Wildman–Crippen MR) is 110 cm³/mol. The molecule has 1 fully saturated rings. The molecule has 0 unspecified atom stereocenters. The first kappa shape index (κ1) is 20.3. The number of hydrogen-bond acceptors (Lipinski definition) is 5. The number of aromatic nitrogens is 2. The van der Waals surface area contributed by atoms with E-state index in [0.717, 1.165) is 41.4 Å². The molecule has 7 nitrogen and oxygen atoms in total. The minimum absolute atomic E-state index is 0.0579. The SMILES string of the molecule is CNC(=O)O[C@H]1CC[C@H](CC(=O)Nc2cc(-c3ccccn3)c(Br)cn2)CC1. The van der Waals surface area contributed by atoms with Crippen molar-refractivity contribution in [3.05, 3.63) is 41.1 Å². The molecule has 8 heteroatoms. The van der Waals surface area contributed by atoms with Crippen molar-refractivity contribution < 1.29 is 14.3 Å². The van der Waals surface area contributed by atoms with Crippen molar-refractivity contribution in [2.75, 3.05) is 12.4 Å². The van der Waals surface area contributed by atoms with Gasteiger partial charge in [-0.25, -0.2) is 9.78 Å². The second-order valence-corrected chi connectivity index (χ2v) is 7.67. The summed E-state index contributed by atoms with van der Waals surface area (Å²) in [5, 5.41) is 5.35. The Kier molecular flexibility index (Phi) is 6.97. The van der Waals surface area contributed by atoms with Crippen LogP contribution in [0.3, 0.4) is 0 Å². The molecule has 2 amide bonds. The van der Waals surface area contributed by atoms with E-state index in [9.17, 15) is 9.59 Å². The highest BCUT2D eigenvalue weighted by Gasteiger charge is 2.25. The summed E-state index contributed by atoms with van der Waals surface area (Å²) in [5.74, 6) is 0.734. The summed E-state index contributed by atoms with van der Waals surface area (Å²) >= 11 is 3.49. The number of nitrogens with one attached hydrogen (secondary N) is 2. The van der Waals surface area contributed by atoms with E-state index >= 15 is 0 Å². The second kappa shape index (κ2) is 9.64. The van der Waals surface area contributed by atoms with Crippen molar-refractivity contribution in [1.29, 1.82) is 0 Å². The van der Waals surface area contributed by atoms with Gasteiger partial charge in [-0.15, -0.1) is 0 Å². The van der Waals surface area contributed by atoms with Crippen LogP contribution < -0.4 is 10.6 Å². The molecule has 0 bridgehead atoms. The van der Waals surface area contributed by atoms with Gasteiger partial charge in [-0.1, -0.05) is 6.07 Å². The van der Waals surface area contributed by atoms with Gasteiger partial charge >= 0.3 is 6.09 Å². The molecule has 0 aromatic carbocycles. The third kappa shape index (κ3) is 5.51. The quantitative estimate of drug-likeness (QED) is 0.719. The molecule has 28 heavy (non-hydrogen) atoms. The Bertz CT molecular complexity index is 823. The van der Waals surface area contributed by atoms with Crippen LogP contribution in [0.15, 0.2) is 41.1 Å². The fraction of sp³-hybridized carbons (Fsp3) is 0.400. The van der Waals surface area contributed by atoms with Crippen molar-refractivity contribution in [3.8, 4) is 11.3 Å². The molecule has 0 spiro atoms. The lowest BCUT2D eigenvalue weighted by molar-refractivity contribution is -0.117. The molecule has 2 aromatic heterocycles. The van der Waals surface area contributed by atoms with Crippen LogP contribution in [0.2, 0.25) is 0 Å². The Balaban J connectivity index is 1.54. The fourth-order valence-corrected chi connectivity index (χ4v) is 3.77. The normalized spacial score (nSPS) is 18.9. The van der Waals surface area contributed by atoms with Crippen LogP contribution in [-0.2, 0) is 9.53 Å². The van der Waals surface area contributed by atoms with Gasteiger partial charge in [0.05, 0.1) is 5.69 Å². The second-order valence-electron chi connectivity index (χ2n) is 6.81. The highest BCUT2D eigenvalue weighted by Crippen LogP contribution is 2.30. The molecule has 0 radical (unpaired) electrons. The average Bonchev–Trinajstić information content (AvgIpc) is 2.71. The third-order valence-corrected chi connectivity index (χ3v) is 5.44. The van der Waals surface area contributed by atoms with Crippen LogP contribution in [0.4, 0.5) is 10.6 Å². The van der Waals surface area contributed by atoms with E-state index in [2.05, 4.69) is 36.5 Å². The maximum Gasteiger partial charge on any atom is 0.407 e. The fourth-order valence-electron chi connectivity index (χ4n) is 3.35. The first-order chi connectivity index (χ1) is 13.5. The van der Waals surface area contributed by atoms with E-state index in [4.69, 9.17) is 4.74 Å². The smallest absolute Gasteiger partial charge is 0.407 e. The van der Waals surface area contributed by atoms with E-state index < -0.39 is 6.09 Å². The molecule has 0 saturated heterocycles. The van der Waals surface area contributed by atoms with E-state index in [1.807, 2.05) is 24.3 Å². The maximum absolute atomic E-state index is 12.4. The number of ether oxygens (including phenoxy) is 1. The van der Waals surface area contributed by atoms with E-state index in [0.29, 0.717) is 12.2 Å². The zero-order valence-corrected chi connectivity index (χ0v) is 17.2. The summed E-state index contributed by atoms with van der Waals surface area (Å²) in [6.07, 6.45) is 6.66. The van der Waals surface area contributed by atoms with E-state index in [-0.39, 0.29) is 17.9 Å². The Morgan fingerprint density at radius 2 is 2.00 bits per heavy atom. The van der Waals surface area contributed by atoms with Crippen LogP contribution in [0.1, 0.15) is 32.1 Å². The minimum Gasteiger partial charge on any atom is -0.446 e. The summed E-state index contributed by atoms with van der Waals surface area (Å²) in [5.41, 5.74) is 1.68. The zero-order valence-electron chi connectivity index (χ0n) is 15.7. The van der Waals surface area contributed by atoms with Gasteiger partial charge in [0.15, 0.2) is 0 Å². The lowest BCUT2D eigenvalue weighted by Gasteiger charge is -2.27. The topological polar surface area (TPSA) is 93.2 Å². The number of anilines is 1. The van der Waals surface area contributed by atoms with Crippen molar-refractivity contribution in [2.24, 2.45) is 5.92 Å². The Morgan fingerprint density at radius 1 is 1.21 bits per heavy atom. The Hall–Kier alpha value is -2.48. The van der Waals surface area contributed by atoms with Gasteiger partial charge in [0.1, 0.15) is 11.9 Å². The maximum atomic E-state index is 12.4. The monoisotopic (exact) mass is 446 g/mol. The van der Waals surface area contributed by atoms with Crippen LogP contribution in [-0.4, -0.2) is 35.1 Å². The molecule has 0 atom stereocenters. The first-order valence-corrected chi connectivity index (χ1v) is 10.1. The van der Waals surface area contributed by atoms with Gasteiger partial charge in [-0.2, -0.15) is 0 Å². The van der Waals surface area contributed by atoms with E-state index in [1.165, 1.54) is 0 Å². The number of amides is 2. The molecule has 2 heterocycles. The summed E-state index contributed by atoms with van der Waals surface area (Å²) in [6, 6.07) is 7.50.